The highest BCUT2D eigenvalue weighted by Gasteiger charge is 2.51. The first kappa shape index (κ1) is 18.3. The Morgan fingerprint density at radius 1 is 1.19 bits per heavy atom. The van der Waals surface area contributed by atoms with Crippen LogP contribution >= 0.6 is 0 Å². The zero-order valence-electron chi connectivity index (χ0n) is 16.7. The molecule has 2 saturated carbocycles. The molecule has 0 aliphatic heterocycles. The molecule has 31 heavy (non-hydrogen) atoms. The van der Waals surface area contributed by atoms with Crippen molar-refractivity contribution in [3.05, 3.63) is 59.9 Å². The highest BCUT2D eigenvalue weighted by Crippen LogP contribution is 2.51. The molecule has 0 saturated heterocycles. The van der Waals surface area contributed by atoms with Gasteiger partial charge < -0.3 is 15.6 Å². The minimum Gasteiger partial charge on any atom is -0.356 e. The Morgan fingerprint density at radius 3 is 2.77 bits per heavy atom. The normalized spacial score (nSPS) is 22.3. The van der Waals surface area contributed by atoms with Gasteiger partial charge in [-0.25, -0.2) is 9.37 Å². The van der Waals surface area contributed by atoms with Crippen molar-refractivity contribution in [1.29, 1.82) is 0 Å². The van der Waals surface area contributed by atoms with Gasteiger partial charge in [0.1, 0.15) is 5.82 Å². The van der Waals surface area contributed by atoms with E-state index in [2.05, 4.69) is 20.6 Å². The predicted molar refractivity (Wildman–Crippen MR) is 115 cm³/mol. The molecule has 3 aliphatic rings. The predicted octanol–water partition coefficient (Wildman–Crippen LogP) is 4.64. The minimum absolute atomic E-state index is 0.124. The summed E-state index contributed by atoms with van der Waals surface area (Å²) in [4.78, 5) is 32.8. The molecule has 156 valence electrons. The number of nitrogens with one attached hydrogen (secondary N) is 3. The van der Waals surface area contributed by atoms with E-state index in [9.17, 15) is 14.0 Å². The van der Waals surface area contributed by atoms with Crippen molar-refractivity contribution in [2.24, 2.45) is 11.8 Å². The van der Waals surface area contributed by atoms with Crippen molar-refractivity contribution in [1.82, 2.24) is 9.97 Å². The van der Waals surface area contributed by atoms with E-state index in [1.54, 1.807) is 12.3 Å². The standard InChI is InChI=1S/C24H21FN4O2/c25-24(7-8-24)23(31)29-18-12-13(6-9-26-18)20-21(27-15-4-2-1-3-5-15)19-17(28-20)11-14-10-16(14)22(19)30/h1-6,9,12,14,16,27-28H,7-8,10-11H2,(H,26,29,31). The molecule has 3 aromatic rings. The fourth-order valence-corrected chi connectivity index (χ4v) is 4.45. The Labute approximate surface area is 178 Å². The number of halogens is 1. The van der Waals surface area contributed by atoms with Crippen LogP contribution in [0.4, 0.5) is 21.6 Å². The number of aromatic nitrogens is 2. The van der Waals surface area contributed by atoms with Crippen LogP contribution in [0.3, 0.4) is 0 Å². The van der Waals surface area contributed by atoms with Gasteiger partial charge in [0.25, 0.3) is 5.91 Å². The van der Waals surface area contributed by atoms with Gasteiger partial charge in [0.05, 0.1) is 16.9 Å². The number of carbonyl (C=O) groups excluding carboxylic acids is 2. The summed E-state index contributed by atoms with van der Waals surface area (Å²) in [5.74, 6) is 0.379. The highest BCUT2D eigenvalue weighted by molar-refractivity contribution is 6.10. The highest BCUT2D eigenvalue weighted by atomic mass is 19.1. The fourth-order valence-electron chi connectivity index (χ4n) is 4.45. The number of pyridine rings is 1. The van der Waals surface area contributed by atoms with Gasteiger partial charge in [0, 0.05) is 29.1 Å². The molecule has 3 N–H and O–H groups in total. The molecule has 2 fully saturated rings. The molecule has 6 nitrogen and oxygen atoms in total. The number of anilines is 3. The van der Waals surface area contributed by atoms with Crippen molar-refractivity contribution in [2.45, 2.75) is 31.4 Å². The van der Waals surface area contributed by atoms with Crippen LogP contribution in [-0.4, -0.2) is 27.3 Å². The first-order chi connectivity index (χ1) is 15.0. The van der Waals surface area contributed by atoms with Crippen LogP contribution in [0.25, 0.3) is 11.3 Å². The summed E-state index contributed by atoms with van der Waals surface area (Å²) in [6, 6.07) is 13.2. The molecule has 0 spiro atoms. The molecule has 1 amide bonds. The molecule has 2 atom stereocenters. The number of carbonyl (C=O) groups is 2. The van der Waals surface area contributed by atoms with Crippen molar-refractivity contribution in [3.63, 3.8) is 0 Å². The van der Waals surface area contributed by atoms with E-state index in [4.69, 9.17) is 0 Å². The average Bonchev–Trinajstić information content (AvgIpc) is 3.68. The number of amides is 1. The number of alkyl halides is 1. The van der Waals surface area contributed by atoms with E-state index in [-0.39, 0.29) is 24.5 Å². The number of H-pyrrole nitrogens is 1. The van der Waals surface area contributed by atoms with Crippen LogP contribution in [0, 0.1) is 11.8 Å². The summed E-state index contributed by atoms with van der Waals surface area (Å²) in [6.07, 6.45) is 3.88. The molecule has 2 aromatic heterocycles. The van der Waals surface area contributed by atoms with Crippen LogP contribution in [-0.2, 0) is 11.2 Å². The topological polar surface area (TPSA) is 86.9 Å². The summed E-state index contributed by atoms with van der Waals surface area (Å²) in [6.45, 7) is 0. The molecule has 1 aromatic carbocycles. The number of benzene rings is 1. The van der Waals surface area contributed by atoms with Gasteiger partial charge in [-0.3, -0.25) is 9.59 Å². The number of hydrogen-bond acceptors (Lipinski definition) is 4. The summed E-state index contributed by atoms with van der Waals surface area (Å²) in [7, 11) is 0. The Hall–Kier alpha value is -3.48. The summed E-state index contributed by atoms with van der Waals surface area (Å²) in [5, 5.41) is 6.01. The van der Waals surface area contributed by atoms with Crippen molar-refractivity contribution in [3.8, 4) is 11.3 Å². The largest absolute Gasteiger partial charge is 0.356 e. The van der Waals surface area contributed by atoms with Gasteiger partial charge in [-0.15, -0.1) is 0 Å². The third-order valence-electron chi connectivity index (χ3n) is 6.48. The van der Waals surface area contributed by atoms with Crippen molar-refractivity contribution < 1.29 is 14.0 Å². The average molecular weight is 416 g/mol. The summed E-state index contributed by atoms with van der Waals surface area (Å²) >= 11 is 0. The molecular weight excluding hydrogens is 395 g/mol. The number of para-hydroxylation sites is 1. The molecule has 2 unspecified atom stereocenters. The van der Waals surface area contributed by atoms with Crippen LogP contribution in [0.1, 0.15) is 35.3 Å². The van der Waals surface area contributed by atoms with Gasteiger partial charge in [-0.05, 0) is 55.9 Å². The third-order valence-corrected chi connectivity index (χ3v) is 6.48. The maximum Gasteiger partial charge on any atom is 0.263 e. The second-order valence-corrected chi connectivity index (χ2v) is 8.74. The van der Waals surface area contributed by atoms with E-state index in [0.29, 0.717) is 11.7 Å². The maximum atomic E-state index is 14.1. The molecule has 2 heterocycles. The van der Waals surface area contributed by atoms with Gasteiger partial charge in [-0.1, -0.05) is 18.2 Å². The fraction of sp³-hybridized carbons (Fsp3) is 0.292. The zero-order valence-corrected chi connectivity index (χ0v) is 16.7. The van der Waals surface area contributed by atoms with E-state index in [1.165, 1.54) is 0 Å². The van der Waals surface area contributed by atoms with Gasteiger partial charge >= 0.3 is 0 Å². The quantitative estimate of drug-likeness (QED) is 0.566. The lowest BCUT2D eigenvalue weighted by atomic mass is 9.95. The van der Waals surface area contributed by atoms with Crippen LogP contribution in [0.5, 0.6) is 0 Å². The molecule has 0 bridgehead atoms. The smallest absolute Gasteiger partial charge is 0.263 e. The van der Waals surface area contributed by atoms with E-state index >= 15 is 0 Å². The lowest BCUT2D eigenvalue weighted by molar-refractivity contribution is -0.122. The number of fused-ring (bicyclic) bond motifs is 2. The zero-order chi connectivity index (χ0) is 21.2. The maximum absolute atomic E-state index is 14.1. The van der Waals surface area contributed by atoms with E-state index < -0.39 is 11.6 Å². The lowest BCUT2D eigenvalue weighted by Gasteiger charge is -2.14. The van der Waals surface area contributed by atoms with E-state index in [1.807, 2.05) is 36.4 Å². The minimum atomic E-state index is -1.77. The Bertz CT molecular complexity index is 1220. The van der Waals surface area contributed by atoms with Gasteiger partial charge in [0.2, 0.25) is 0 Å². The number of aromatic amines is 1. The second-order valence-electron chi connectivity index (χ2n) is 8.74. The molecule has 3 aliphatic carbocycles. The number of ketones is 1. The van der Waals surface area contributed by atoms with Gasteiger partial charge in [0.15, 0.2) is 11.5 Å². The molecular formula is C24H21FN4O2. The third kappa shape index (κ3) is 3.12. The van der Waals surface area contributed by atoms with Crippen molar-refractivity contribution >= 4 is 28.9 Å². The second kappa shape index (κ2) is 6.51. The Morgan fingerprint density at radius 2 is 2.00 bits per heavy atom. The SMILES string of the molecule is O=C1c2c([nH]c(-c3ccnc(NC(=O)C4(F)CC4)c3)c2Nc2ccccc2)CC2CC12. The molecule has 6 rings (SSSR count). The van der Waals surface area contributed by atoms with Crippen LogP contribution < -0.4 is 10.6 Å². The number of rotatable bonds is 5. The Kier molecular flexibility index (Phi) is 3.84. The monoisotopic (exact) mass is 416 g/mol. The lowest BCUT2D eigenvalue weighted by Crippen LogP contribution is -2.25. The summed E-state index contributed by atoms with van der Waals surface area (Å²) < 4.78 is 14.1. The Balaban J connectivity index is 1.41. The first-order valence-electron chi connectivity index (χ1n) is 10.6. The summed E-state index contributed by atoms with van der Waals surface area (Å²) in [5.41, 5.74) is 3.06. The first-order valence-corrected chi connectivity index (χ1v) is 10.6. The van der Waals surface area contributed by atoms with Gasteiger partial charge in [-0.2, -0.15) is 0 Å². The molecule has 7 heteroatoms. The molecule has 0 radical (unpaired) electrons. The number of Topliss-reactive ketones (excluding diaryl/α,β-unsaturated/α-hetero) is 1. The number of nitrogens with zero attached hydrogens (tertiary/aromatic N) is 1. The van der Waals surface area contributed by atoms with Crippen molar-refractivity contribution in [2.75, 3.05) is 10.6 Å². The van der Waals surface area contributed by atoms with Crippen LogP contribution in [0.2, 0.25) is 0 Å². The number of hydrogen-bond donors (Lipinski definition) is 3. The van der Waals surface area contributed by atoms with Crippen LogP contribution in [0.15, 0.2) is 48.7 Å². The van der Waals surface area contributed by atoms with E-state index in [0.717, 1.165) is 46.7 Å².